The predicted octanol–water partition coefficient (Wildman–Crippen LogP) is 0.951. The fraction of sp³-hybridized carbons (Fsp3) is 0.222. The number of aldehydes is 1. The second-order valence-electron chi connectivity index (χ2n) is 2.63. The van der Waals surface area contributed by atoms with Gasteiger partial charge in [-0.2, -0.15) is 0 Å². The van der Waals surface area contributed by atoms with Crippen LogP contribution in [0.25, 0.3) is 0 Å². The summed E-state index contributed by atoms with van der Waals surface area (Å²) >= 11 is 0. The second kappa shape index (κ2) is 4.23. The van der Waals surface area contributed by atoms with Gasteiger partial charge < -0.3 is 9.84 Å². The van der Waals surface area contributed by atoms with Crippen molar-refractivity contribution >= 4 is 17.1 Å². The first kappa shape index (κ1) is 10.7. The van der Waals surface area contributed by atoms with Gasteiger partial charge in [-0.05, 0) is 6.07 Å². The Morgan fingerprint density at radius 2 is 2.14 bits per heavy atom. The molecule has 76 valence electrons. The fourth-order valence-corrected chi connectivity index (χ4v) is 1.76. The van der Waals surface area contributed by atoms with Crippen LogP contribution in [0.4, 0.5) is 0 Å². The van der Waals surface area contributed by atoms with E-state index in [9.17, 15) is 14.1 Å². The topological polar surface area (TPSA) is 63.6 Å². The van der Waals surface area contributed by atoms with Gasteiger partial charge in [0.1, 0.15) is 11.5 Å². The maximum Gasteiger partial charge on any atom is 0.153 e. The zero-order chi connectivity index (χ0) is 10.7. The highest BCUT2D eigenvalue weighted by Gasteiger charge is 2.11. The monoisotopic (exact) mass is 214 g/mol. The molecule has 0 bridgehead atoms. The Balaban J connectivity index is 3.39. The molecule has 1 N–H and O–H groups in total. The van der Waals surface area contributed by atoms with E-state index in [-0.39, 0.29) is 11.3 Å². The number of phenolic OH excluding ortho intramolecular Hbond substituents is 1. The number of hydrogen-bond donors (Lipinski definition) is 1. The van der Waals surface area contributed by atoms with Gasteiger partial charge in [0, 0.05) is 12.3 Å². The average molecular weight is 214 g/mol. The number of carbonyl (C=O) groups excluding carboxylic acids is 1. The molecular weight excluding hydrogens is 204 g/mol. The second-order valence-corrected chi connectivity index (χ2v) is 3.98. The molecule has 14 heavy (non-hydrogen) atoms. The third kappa shape index (κ3) is 1.93. The molecule has 0 saturated carbocycles. The fourth-order valence-electron chi connectivity index (χ4n) is 1.04. The Kier molecular flexibility index (Phi) is 3.24. The van der Waals surface area contributed by atoms with Gasteiger partial charge in [0.25, 0.3) is 0 Å². The molecule has 1 rings (SSSR count). The molecule has 0 aromatic heterocycles. The normalized spacial score (nSPS) is 12.1. The largest absolute Gasteiger partial charge is 0.507 e. The zero-order valence-corrected chi connectivity index (χ0v) is 8.63. The molecule has 1 unspecified atom stereocenters. The lowest BCUT2D eigenvalue weighted by molar-refractivity contribution is 0.112. The van der Waals surface area contributed by atoms with Crippen LogP contribution in [0.3, 0.4) is 0 Å². The van der Waals surface area contributed by atoms with Gasteiger partial charge in [-0.25, -0.2) is 0 Å². The number of carbonyl (C=O) groups is 1. The third-order valence-corrected chi connectivity index (χ3v) is 2.69. The maximum absolute atomic E-state index is 11.2. The van der Waals surface area contributed by atoms with Crippen LogP contribution in [-0.4, -0.2) is 29.0 Å². The third-order valence-electron chi connectivity index (χ3n) is 1.75. The van der Waals surface area contributed by atoms with Crippen molar-refractivity contribution in [2.24, 2.45) is 0 Å². The number of benzene rings is 1. The molecule has 4 nitrogen and oxygen atoms in total. The Labute approximate surface area is 84.0 Å². The number of rotatable bonds is 3. The first-order chi connectivity index (χ1) is 6.60. The molecule has 0 fully saturated rings. The highest BCUT2D eigenvalue weighted by molar-refractivity contribution is 7.84. The van der Waals surface area contributed by atoms with Crippen LogP contribution >= 0.6 is 0 Å². The summed E-state index contributed by atoms with van der Waals surface area (Å²) in [6.45, 7) is 0. The molecule has 0 aliphatic heterocycles. The minimum absolute atomic E-state index is 0.107. The first-order valence-corrected chi connectivity index (χ1v) is 5.35. The van der Waals surface area contributed by atoms with E-state index in [1.807, 2.05) is 0 Å². The van der Waals surface area contributed by atoms with E-state index in [1.165, 1.54) is 25.5 Å². The lowest BCUT2D eigenvalue weighted by Gasteiger charge is -2.07. The van der Waals surface area contributed by atoms with Crippen molar-refractivity contribution in [1.82, 2.24) is 0 Å². The van der Waals surface area contributed by atoms with E-state index in [0.29, 0.717) is 16.9 Å². The van der Waals surface area contributed by atoms with Crippen molar-refractivity contribution in [1.29, 1.82) is 0 Å². The van der Waals surface area contributed by atoms with Crippen molar-refractivity contribution < 1.29 is 18.8 Å². The van der Waals surface area contributed by atoms with Gasteiger partial charge in [0.2, 0.25) is 0 Å². The van der Waals surface area contributed by atoms with Crippen LogP contribution in [0, 0.1) is 0 Å². The maximum atomic E-state index is 11.2. The smallest absolute Gasteiger partial charge is 0.153 e. The molecule has 1 aromatic rings. The van der Waals surface area contributed by atoms with Gasteiger partial charge in [0.15, 0.2) is 6.29 Å². The lowest BCUT2D eigenvalue weighted by Crippen LogP contribution is -1.96. The molecule has 5 heteroatoms. The molecule has 0 spiro atoms. The summed E-state index contributed by atoms with van der Waals surface area (Å²) in [5.74, 6) is 0.139. The summed E-state index contributed by atoms with van der Waals surface area (Å²) in [6, 6.07) is 2.64. The van der Waals surface area contributed by atoms with Crippen LogP contribution in [0.5, 0.6) is 11.5 Å². The number of methoxy groups -OCH3 is 1. The van der Waals surface area contributed by atoms with Crippen molar-refractivity contribution in [3.05, 3.63) is 17.7 Å². The highest BCUT2D eigenvalue weighted by Crippen LogP contribution is 2.29. The number of ether oxygens (including phenoxy) is 1. The number of aromatic hydroxyl groups is 1. The van der Waals surface area contributed by atoms with Crippen LogP contribution in [-0.2, 0) is 10.8 Å². The van der Waals surface area contributed by atoms with Gasteiger partial charge in [-0.15, -0.1) is 0 Å². The summed E-state index contributed by atoms with van der Waals surface area (Å²) in [7, 11) is 0.153. The van der Waals surface area contributed by atoms with Crippen molar-refractivity contribution in [2.45, 2.75) is 4.90 Å². The molecule has 0 saturated heterocycles. The minimum atomic E-state index is -1.26. The highest BCUT2D eigenvalue weighted by atomic mass is 32.2. The number of phenols is 1. The lowest BCUT2D eigenvalue weighted by atomic mass is 10.2. The van der Waals surface area contributed by atoms with Gasteiger partial charge in [-0.1, -0.05) is 0 Å². The van der Waals surface area contributed by atoms with Crippen molar-refractivity contribution in [3.8, 4) is 11.5 Å². The molecule has 1 atom stereocenters. The predicted molar refractivity (Wildman–Crippen MR) is 52.4 cm³/mol. The Hall–Kier alpha value is -1.36. The molecule has 0 aliphatic rings. The molecule has 0 amide bonds. The quantitative estimate of drug-likeness (QED) is 0.761. The van der Waals surface area contributed by atoms with Crippen LogP contribution in [0.2, 0.25) is 0 Å². The van der Waals surface area contributed by atoms with E-state index in [1.54, 1.807) is 0 Å². The van der Waals surface area contributed by atoms with E-state index in [4.69, 9.17) is 4.74 Å². The molecule has 0 radical (unpaired) electrons. The summed E-state index contributed by atoms with van der Waals surface area (Å²) in [5, 5.41) is 9.32. The van der Waals surface area contributed by atoms with Crippen molar-refractivity contribution in [2.75, 3.05) is 13.4 Å². The zero-order valence-electron chi connectivity index (χ0n) is 7.81. The van der Waals surface area contributed by atoms with Gasteiger partial charge >= 0.3 is 0 Å². The Morgan fingerprint density at radius 3 is 2.57 bits per heavy atom. The van der Waals surface area contributed by atoms with Gasteiger partial charge in [0.05, 0.1) is 28.4 Å². The van der Waals surface area contributed by atoms with Crippen LogP contribution < -0.4 is 4.74 Å². The van der Waals surface area contributed by atoms with Crippen LogP contribution in [0.15, 0.2) is 17.0 Å². The minimum Gasteiger partial charge on any atom is -0.507 e. The molecular formula is C9H10O4S. The van der Waals surface area contributed by atoms with Crippen LogP contribution in [0.1, 0.15) is 10.4 Å². The van der Waals surface area contributed by atoms with Gasteiger partial charge in [-0.3, -0.25) is 9.00 Å². The Morgan fingerprint density at radius 1 is 1.50 bits per heavy atom. The van der Waals surface area contributed by atoms with Crippen molar-refractivity contribution in [3.63, 3.8) is 0 Å². The Bertz CT molecular complexity index is 387. The SMILES string of the molecule is COc1cc(O)c(C=O)cc1S(C)=O. The summed E-state index contributed by atoms with van der Waals surface area (Å²) in [4.78, 5) is 10.9. The van der Waals surface area contributed by atoms with E-state index in [2.05, 4.69) is 0 Å². The van der Waals surface area contributed by atoms with E-state index < -0.39 is 10.8 Å². The summed E-state index contributed by atoms with van der Waals surface area (Å²) in [6.07, 6.45) is 1.98. The molecule has 0 aliphatic carbocycles. The molecule has 0 heterocycles. The van der Waals surface area contributed by atoms with E-state index in [0.717, 1.165) is 0 Å². The average Bonchev–Trinajstić information content (AvgIpc) is 2.16. The standard InChI is InChI=1S/C9H10O4S/c1-13-8-4-7(11)6(5-10)3-9(8)14(2)12/h3-5,11H,1-2H3. The number of hydrogen-bond acceptors (Lipinski definition) is 4. The van der Waals surface area contributed by atoms with E-state index >= 15 is 0 Å². The summed E-state index contributed by atoms with van der Waals surface area (Å²) in [5.41, 5.74) is 0.107. The molecule has 1 aromatic carbocycles. The first-order valence-electron chi connectivity index (χ1n) is 3.79. The summed E-state index contributed by atoms with van der Waals surface area (Å²) < 4.78 is 16.2.